The first-order valence-electron chi connectivity index (χ1n) is 8.78. The molecule has 1 heterocycles. The van der Waals surface area contributed by atoms with Crippen LogP contribution in [0.25, 0.3) is 6.08 Å². The van der Waals surface area contributed by atoms with Crippen LogP contribution in [0.4, 0.5) is 4.79 Å². The van der Waals surface area contributed by atoms with Gasteiger partial charge in [-0.2, -0.15) is 0 Å². The Hall–Kier alpha value is -2.58. The van der Waals surface area contributed by atoms with Crippen LogP contribution in [0.1, 0.15) is 22.8 Å². The summed E-state index contributed by atoms with van der Waals surface area (Å²) in [5.41, 5.74) is 1.11. The molecule has 0 aromatic heterocycles. The number of carbonyl (C=O) groups excluding carboxylic acids is 3. The number of ketones is 1. The van der Waals surface area contributed by atoms with Crippen LogP contribution >= 0.6 is 27.7 Å². The van der Waals surface area contributed by atoms with Crippen molar-refractivity contribution in [2.24, 2.45) is 0 Å². The summed E-state index contributed by atoms with van der Waals surface area (Å²) >= 11 is 4.26. The zero-order chi connectivity index (χ0) is 21.0. The standard InChI is InChI=1S/C21H18BrNO5S/c1-3-28-18-11-15(22)14(9-17(18)27-2)10-19-20(25)23(21(26)29-19)12-16(24)13-7-5-4-6-8-13/h4-11H,3,12H2,1-2H3/b19-10-. The highest BCUT2D eigenvalue weighted by atomic mass is 79.9. The molecule has 2 aromatic rings. The van der Waals surface area contributed by atoms with E-state index in [1.54, 1.807) is 48.5 Å². The fraction of sp³-hybridized carbons (Fsp3) is 0.190. The highest BCUT2D eigenvalue weighted by Crippen LogP contribution is 2.38. The van der Waals surface area contributed by atoms with Crippen LogP contribution in [-0.2, 0) is 4.79 Å². The minimum atomic E-state index is -0.496. The van der Waals surface area contributed by atoms with E-state index < -0.39 is 11.1 Å². The molecular formula is C21H18BrNO5S. The quantitative estimate of drug-likeness (QED) is 0.423. The lowest BCUT2D eigenvalue weighted by molar-refractivity contribution is -0.122. The van der Waals surface area contributed by atoms with E-state index in [2.05, 4.69) is 15.9 Å². The summed E-state index contributed by atoms with van der Waals surface area (Å²) in [6.07, 6.45) is 1.60. The molecule has 1 fully saturated rings. The summed E-state index contributed by atoms with van der Waals surface area (Å²) < 4.78 is 11.6. The summed E-state index contributed by atoms with van der Waals surface area (Å²) in [4.78, 5) is 38.6. The van der Waals surface area contributed by atoms with Crippen molar-refractivity contribution < 1.29 is 23.9 Å². The summed E-state index contributed by atoms with van der Waals surface area (Å²) in [6.45, 7) is 2.06. The van der Waals surface area contributed by atoms with E-state index in [1.807, 2.05) is 6.92 Å². The van der Waals surface area contributed by atoms with Gasteiger partial charge >= 0.3 is 0 Å². The summed E-state index contributed by atoms with van der Waals surface area (Å²) in [6, 6.07) is 12.0. The molecular weight excluding hydrogens is 458 g/mol. The Bertz CT molecular complexity index is 990. The average molecular weight is 476 g/mol. The largest absolute Gasteiger partial charge is 0.493 e. The number of benzene rings is 2. The Balaban J connectivity index is 1.84. The van der Waals surface area contributed by atoms with Gasteiger partial charge in [-0.15, -0.1) is 0 Å². The monoisotopic (exact) mass is 475 g/mol. The molecule has 1 aliphatic rings. The van der Waals surface area contributed by atoms with E-state index in [9.17, 15) is 14.4 Å². The number of rotatable bonds is 7. The Kier molecular flexibility index (Phi) is 6.76. The third-order valence-corrected chi connectivity index (χ3v) is 5.73. The maximum atomic E-state index is 12.7. The first-order valence-corrected chi connectivity index (χ1v) is 10.4. The summed E-state index contributed by atoms with van der Waals surface area (Å²) in [5, 5.41) is -0.473. The predicted octanol–water partition coefficient (Wildman–Crippen LogP) is 4.78. The lowest BCUT2D eigenvalue weighted by Gasteiger charge is -2.12. The number of methoxy groups -OCH3 is 1. The van der Waals surface area contributed by atoms with Gasteiger partial charge in [0.25, 0.3) is 11.1 Å². The zero-order valence-corrected chi connectivity index (χ0v) is 18.2. The van der Waals surface area contributed by atoms with E-state index in [1.165, 1.54) is 7.11 Å². The first kappa shape index (κ1) is 21.1. The van der Waals surface area contributed by atoms with Crippen LogP contribution < -0.4 is 9.47 Å². The molecule has 29 heavy (non-hydrogen) atoms. The molecule has 0 radical (unpaired) electrons. The number of thioether (sulfide) groups is 1. The van der Waals surface area contributed by atoms with Crippen LogP contribution in [0.3, 0.4) is 0 Å². The van der Waals surface area contributed by atoms with Gasteiger partial charge in [0, 0.05) is 10.0 Å². The highest BCUT2D eigenvalue weighted by molar-refractivity contribution is 9.10. The van der Waals surface area contributed by atoms with E-state index >= 15 is 0 Å². The number of halogens is 1. The number of carbonyl (C=O) groups is 3. The molecule has 150 valence electrons. The van der Waals surface area contributed by atoms with Crippen LogP contribution in [0, 0.1) is 0 Å². The van der Waals surface area contributed by atoms with Gasteiger partial charge in [0.2, 0.25) is 0 Å². The molecule has 1 aliphatic heterocycles. The van der Waals surface area contributed by atoms with Crippen molar-refractivity contribution in [1.29, 1.82) is 0 Å². The number of ether oxygens (including phenoxy) is 2. The molecule has 0 N–H and O–H groups in total. The molecule has 8 heteroatoms. The minimum absolute atomic E-state index is 0.239. The van der Waals surface area contributed by atoms with Crippen molar-refractivity contribution in [2.45, 2.75) is 6.92 Å². The fourth-order valence-corrected chi connectivity index (χ4v) is 3.99. The van der Waals surface area contributed by atoms with Crippen molar-refractivity contribution >= 4 is 50.7 Å². The zero-order valence-electron chi connectivity index (χ0n) is 15.8. The molecule has 1 saturated heterocycles. The van der Waals surface area contributed by atoms with Crippen LogP contribution in [0.2, 0.25) is 0 Å². The number of hydrogen-bond donors (Lipinski definition) is 0. The van der Waals surface area contributed by atoms with Gasteiger partial charge in [0.1, 0.15) is 0 Å². The topological polar surface area (TPSA) is 72.9 Å². The second-order valence-corrected chi connectivity index (χ2v) is 7.86. The van der Waals surface area contributed by atoms with E-state index in [-0.39, 0.29) is 17.2 Å². The lowest BCUT2D eigenvalue weighted by atomic mass is 10.1. The molecule has 0 saturated carbocycles. The Morgan fingerprint density at radius 3 is 2.55 bits per heavy atom. The molecule has 0 spiro atoms. The van der Waals surface area contributed by atoms with Gasteiger partial charge in [-0.1, -0.05) is 46.3 Å². The van der Waals surface area contributed by atoms with E-state index in [4.69, 9.17) is 9.47 Å². The minimum Gasteiger partial charge on any atom is -0.493 e. The van der Waals surface area contributed by atoms with Crippen molar-refractivity contribution in [3.63, 3.8) is 0 Å². The van der Waals surface area contributed by atoms with E-state index in [0.29, 0.717) is 33.7 Å². The molecule has 6 nitrogen and oxygen atoms in total. The molecule has 0 bridgehead atoms. The maximum Gasteiger partial charge on any atom is 0.293 e. The third kappa shape index (κ3) is 4.71. The summed E-state index contributed by atoms with van der Waals surface area (Å²) in [7, 11) is 1.53. The first-order chi connectivity index (χ1) is 13.9. The third-order valence-electron chi connectivity index (χ3n) is 4.14. The number of nitrogens with zero attached hydrogens (tertiary/aromatic N) is 1. The summed E-state index contributed by atoms with van der Waals surface area (Å²) in [5.74, 6) is 0.294. The van der Waals surface area contributed by atoms with Crippen LogP contribution in [-0.4, -0.2) is 42.1 Å². The van der Waals surface area contributed by atoms with Gasteiger partial charge < -0.3 is 9.47 Å². The molecule has 0 atom stereocenters. The predicted molar refractivity (Wildman–Crippen MR) is 115 cm³/mol. The molecule has 2 amide bonds. The second kappa shape index (κ2) is 9.28. The molecule has 2 aromatic carbocycles. The van der Waals surface area contributed by atoms with Gasteiger partial charge in [-0.25, -0.2) is 0 Å². The van der Waals surface area contributed by atoms with Crippen molar-refractivity contribution in [3.05, 3.63) is 63.0 Å². The Morgan fingerprint density at radius 2 is 1.90 bits per heavy atom. The number of Topliss-reactive ketones (excluding diaryl/α,β-unsaturated/α-hetero) is 1. The van der Waals surface area contributed by atoms with Crippen LogP contribution in [0.15, 0.2) is 51.8 Å². The van der Waals surface area contributed by atoms with Crippen molar-refractivity contribution in [1.82, 2.24) is 4.90 Å². The molecule has 0 unspecified atom stereocenters. The molecule has 0 aliphatic carbocycles. The number of amides is 2. The lowest BCUT2D eigenvalue weighted by Crippen LogP contribution is -2.33. The maximum absolute atomic E-state index is 12.7. The van der Waals surface area contributed by atoms with Crippen molar-refractivity contribution in [2.75, 3.05) is 20.3 Å². The molecule has 3 rings (SSSR count). The number of imide groups is 1. The normalized spacial score (nSPS) is 15.1. The van der Waals surface area contributed by atoms with Crippen molar-refractivity contribution in [3.8, 4) is 11.5 Å². The van der Waals surface area contributed by atoms with E-state index in [0.717, 1.165) is 16.7 Å². The van der Waals surface area contributed by atoms with Gasteiger partial charge in [0.15, 0.2) is 17.3 Å². The highest BCUT2D eigenvalue weighted by Gasteiger charge is 2.36. The SMILES string of the molecule is CCOc1cc(Br)c(/C=C2\SC(=O)N(CC(=O)c3ccccc3)C2=O)cc1OC. The van der Waals surface area contributed by atoms with Gasteiger partial charge in [0.05, 0.1) is 25.2 Å². The van der Waals surface area contributed by atoms with Gasteiger partial charge in [-0.05, 0) is 42.5 Å². The van der Waals surface area contributed by atoms with Gasteiger partial charge in [-0.3, -0.25) is 19.3 Å². The number of hydrogen-bond acceptors (Lipinski definition) is 6. The second-order valence-electron chi connectivity index (χ2n) is 6.01. The smallest absolute Gasteiger partial charge is 0.293 e. The average Bonchev–Trinajstić information content (AvgIpc) is 2.98. The fourth-order valence-electron chi connectivity index (χ4n) is 2.73. The Morgan fingerprint density at radius 1 is 1.17 bits per heavy atom. The van der Waals surface area contributed by atoms with Crippen LogP contribution in [0.5, 0.6) is 11.5 Å². The Labute approximate surface area is 181 Å².